The lowest BCUT2D eigenvalue weighted by atomic mass is 9.79. The predicted molar refractivity (Wildman–Crippen MR) is 75.5 cm³/mol. The maximum atomic E-state index is 12.2. The first-order chi connectivity index (χ1) is 9.13. The summed E-state index contributed by atoms with van der Waals surface area (Å²) in [6.07, 6.45) is -2.28. The molecule has 0 amide bonds. The number of halogens is 3. The second-order valence-electron chi connectivity index (χ2n) is 6.84. The quantitative estimate of drug-likeness (QED) is 0.789. The average Bonchev–Trinajstić information content (AvgIpc) is 2.68. The maximum Gasteiger partial charge on any atom is 0.401 e. The number of likely N-dealkylation sites (tertiary alicyclic amines) is 1. The minimum Gasteiger partial charge on any atom is -0.330 e. The van der Waals surface area contributed by atoms with E-state index in [2.05, 4.69) is 31.0 Å². The molecule has 2 atom stereocenters. The fourth-order valence-electron chi connectivity index (χ4n) is 2.77. The molecule has 0 aromatic rings. The Morgan fingerprint density at radius 1 is 1.25 bits per heavy atom. The minimum atomic E-state index is -4.13. The van der Waals surface area contributed by atoms with Crippen LogP contribution < -0.4 is 11.1 Å². The van der Waals surface area contributed by atoms with Gasteiger partial charge in [-0.2, -0.15) is 13.2 Å². The Labute approximate surface area is 120 Å². The van der Waals surface area contributed by atoms with Crippen LogP contribution >= 0.6 is 0 Å². The number of alkyl halides is 3. The number of nitrogens with zero attached hydrogens (tertiary/aromatic N) is 1. The zero-order valence-corrected chi connectivity index (χ0v) is 12.8. The van der Waals surface area contributed by atoms with Gasteiger partial charge in [-0.25, -0.2) is 0 Å². The van der Waals surface area contributed by atoms with Gasteiger partial charge in [0.15, 0.2) is 0 Å². The van der Waals surface area contributed by atoms with Crippen LogP contribution in [0.25, 0.3) is 0 Å². The molecule has 1 unspecified atom stereocenters. The lowest BCUT2D eigenvalue weighted by Gasteiger charge is -2.27. The summed E-state index contributed by atoms with van der Waals surface area (Å²) in [6, 6.07) is 0.188. The van der Waals surface area contributed by atoms with Crippen LogP contribution in [0, 0.1) is 11.3 Å². The normalized spacial score (nSPS) is 25.4. The van der Waals surface area contributed by atoms with E-state index in [1.165, 1.54) is 0 Å². The lowest BCUT2D eigenvalue weighted by molar-refractivity contribution is -0.125. The average molecular weight is 295 g/mol. The van der Waals surface area contributed by atoms with Crippen LogP contribution in [-0.4, -0.2) is 49.8 Å². The van der Waals surface area contributed by atoms with Crippen molar-refractivity contribution >= 4 is 0 Å². The van der Waals surface area contributed by atoms with Crippen LogP contribution in [0.5, 0.6) is 0 Å². The minimum absolute atomic E-state index is 0.188. The first-order valence-electron chi connectivity index (χ1n) is 7.35. The van der Waals surface area contributed by atoms with E-state index >= 15 is 0 Å². The van der Waals surface area contributed by atoms with Crippen molar-refractivity contribution in [3.8, 4) is 0 Å². The van der Waals surface area contributed by atoms with Crippen LogP contribution in [0.4, 0.5) is 13.2 Å². The highest BCUT2D eigenvalue weighted by Crippen LogP contribution is 2.36. The molecule has 1 fully saturated rings. The Morgan fingerprint density at radius 2 is 1.90 bits per heavy atom. The van der Waals surface area contributed by atoms with E-state index in [9.17, 15) is 13.2 Å². The molecule has 3 N–H and O–H groups in total. The monoisotopic (exact) mass is 295 g/mol. The van der Waals surface area contributed by atoms with E-state index in [0.717, 1.165) is 25.9 Å². The highest BCUT2D eigenvalue weighted by molar-refractivity contribution is 4.91. The van der Waals surface area contributed by atoms with Crippen LogP contribution in [0.3, 0.4) is 0 Å². The molecule has 0 aromatic heterocycles. The van der Waals surface area contributed by atoms with Gasteiger partial charge in [-0.1, -0.05) is 20.8 Å². The fraction of sp³-hybridized carbons (Fsp3) is 1.00. The summed E-state index contributed by atoms with van der Waals surface area (Å²) >= 11 is 0. The van der Waals surface area contributed by atoms with Crippen molar-refractivity contribution in [3.63, 3.8) is 0 Å². The second kappa shape index (κ2) is 7.09. The molecule has 0 aliphatic carbocycles. The molecule has 6 heteroatoms. The first kappa shape index (κ1) is 17.7. The Hall–Kier alpha value is -0.330. The zero-order valence-electron chi connectivity index (χ0n) is 12.8. The summed E-state index contributed by atoms with van der Waals surface area (Å²) in [5.41, 5.74) is 5.73. The largest absolute Gasteiger partial charge is 0.401 e. The van der Waals surface area contributed by atoms with Gasteiger partial charge in [-0.15, -0.1) is 0 Å². The molecule has 1 rings (SSSR count). The molecular formula is C14H28F3N3. The van der Waals surface area contributed by atoms with Gasteiger partial charge in [-0.05, 0) is 37.3 Å². The number of hydrogen-bond donors (Lipinski definition) is 2. The van der Waals surface area contributed by atoms with E-state index in [0.29, 0.717) is 19.0 Å². The number of nitrogens with two attached hydrogens (primary N) is 1. The molecule has 0 aromatic carbocycles. The fourth-order valence-corrected chi connectivity index (χ4v) is 2.77. The molecule has 1 aliphatic heterocycles. The molecule has 0 saturated carbocycles. The molecule has 1 aliphatic rings. The van der Waals surface area contributed by atoms with E-state index < -0.39 is 12.7 Å². The van der Waals surface area contributed by atoms with Gasteiger partial charge >= 0.3 is 6.18 Å². The van der Waals surface area contributed by atoms with Gasteiger partial charge in [0.05, 0.1) is 6.54 Å². The maximum absolute atomic E-state index is 12.2. The van der Waals surface area contributed by atoms with Crippen molar-refractivity contribution in [2.45, 2.75) is 45.8 Å². The third kappa shape index (κ3) is 5.97. The summed E-state index contributed by atoms with van der Waals surface area (Å²) in [7, 11) is 0. The number of rotatable bonds is 6. The van der Waals surface area contributed by atoms with Gasteiger partial charge in [0.2, 0.25) is 0 Å². The number of hydrogen-bond acceptors (Lipinski definition) is 3. The van der Waals surface area contributed by atoms with E-state index in [1.54, 1.807) is 0 Å². The van der Waals surface area contributed by atoms with Crippen molar-refractivity contribution in [1.82, 2.24) is 10.2 Å². The van der Waals surface area contributed by atoms with E-state index in [1.807, 2.05) is 0 Å². The third-order valence-electron chi connectivity index (χ3n) is 4.11. The van der Waals surface area contributed by atoms with Gasteiger partial charge in [-0.3, -0.25) is 4.90 Å². The first-order valence-corrected chi connectivity index (χ1v) is 7.35. The van der Waals surface area contributed by atoms with Gasteiger partial charge in [0.25, 0.3) is 0 Å². The Morgan fingerprint density at radius 3 is 2.40 bits per heavy atom. The molecular weight excluding hydrogens is 267 g/mol. The highest BCUT2D eigenvalue weighted by atomic mass is 19.4. The summed E-state index contributed by atoms with van der Waals surface area (Å²) in [5.74, 6) is 0.526. The van der Waals surface area contributed by atoms with Gasteiger partial charge in [0.1, 0.15) is 0 Å². The predicted octanol–water partition coefficient (Wildman–Crippen LogP) is 2.22. The topological polar surface area (TPSA) is 41.3 Å². The summed E-state index contributed by atoms with van der Waals surface area (Å²) < 4.78 is 36.6. The highest BCUT2D eigenvalue weighted by Gasteiger charge is 2.38. The molecule has 0 spiro atoms. The van der Waals surface area contributed by atoms with Gasteiger partial charge < -0.3 is 11.1 Å². The summed E-state index contributed by atoms with van der Waals surface area (Å²) in [4.78, 5) is 2.30. The van der Waals surface area contributed by atoms with Crippen molar-refractivity contribution in [2.24, 2.45) is 17.1 Å². The Balaban J connectivity index is 2.51. The summed E-state index contributed by atoms with van der Waals surface area (Å²) in [5, 5.41) is 2.55. The molecule has 3 nitrogen and oxygen atoms in total. The zero-order chi connectivity index (χ0) is 15.4. The second-order valence-corrected chi connectivity index (χ2v) is 6.84. The Kier molecular flexibility index (Phi) is 6.28. The lowest BCUT2D eigenvalue weighted by Crippen LogP contribution is -2.41. The van der Waals surface area contributed by atoms with Crippen molar-refractivity contribution in [1.29, 1.82) is 0 Å². The number of nitrogens with one attached hydrogen (secondary N) is 1. The van der Waals surface area contributed by atoms with E-state index in [-0.39, 0.29) is 11.5 Å². The molecule has 20 heavy (non-hydrogen) atoms. The van der Waals surface area contributed by atoms with Gasteiger partial charge in [0, 0.05) is 19.1 Å². The SMILES string of the molecule is CC(C)(C)[C@@H]1CC(CNCC(F)(F)F)N(CCCN)C1. The molecule has 1 saturated heterocycles. The van der Waals surface area contributed by atoms with Crippen LogP contribution in [-0.2, 0) is 0 Å². The van der Waals surface area contributed by atoms with Crippen molar-refractivity contribution < 1.29 is 13.2 Å². The third-order valence-corrected chi connectivity index (χ3v) is 4.11. The summed E-state index contributed by atoms with van der Waals surface area (Å²) in [6.45, 7) is 8.55. The van der Waals surface area contributed by atoms with E-state index in [4.69, 9.17) is 5.73 Å². The van der Waals surface area contributed by atoms with Crippen LogP contribution in [0.15, 0.2) is 0 Å². The molecule has 0 radical (unpaired) electrons. The van der Waals surface area contributed by atoms with Crippen molar-refractivity contribution in [3.05, 3.63) is 0 Å². The standard InChI is InChI=1S/C14H28F3N3/c1-13(2,3)11-7-12(8-19-10-14(15,16)17)20(9-11)6-4-5-18/h11-12,19H,4-10,18H2,1-3H3/t11-,12?/m1/s1. The van der Waals surface area contributed by atoms with Crippen molar-refractivity contribution in [2.75, 3.05) is 32.7 Å². The van der Waals surface area contributed by atoms with Crippen LogP contribution in [0.2, 0.25) is 0 Å². The van der Waals surface area contributed by atoms with Crippen LogP contribution in [0.1, 0.15) is 33.6 Å². The molecule has 0 bridgehead atoms. The molecule has 1 heterocycles. The smallest absolute Gasteiger partial charge is 0.330 e. The Bertz CT molecular complexity index is 286. The molecule has 120 valence electrons.